The van der Waals surface area contributed by atoms with Gasteiger partial charge in [0, 0.05) is 18.8 Å². The predicted molar refractivity (Wildman–Crippen MR) is 136 cm³/mol. The smallest absolute Gasteiger partial charge is 0.153 e. The Morgan fingerprint density at radius 2 is 1.65 bits per heavy atom. The zero-order valence-electron chi connectivity index (χ0n) is 19.7. The van der Waals surface area contributed by atoms with Crippen molar-refractivity contribution in [2.24, 2.45) is 0 Å². The van der Waals surface area contributed by atoms with E-state index in [0.29, 0.717) is 17.9 Å². The molecule has 34 heavy (non-hydrogen) atoms. The van der Waals surface area contributed by atoms with Crippen LogP contribution in [-0.4, -0.2) is 32.3 Å². The third kappa shape index (κ3) is 5.37. The highest BCUT2D eigenvalue weighted by molar-refractivity contribution is 5.80. The molecule has 3 aromatic carbocycles. The van der Waals surface area contributed by atoms with Crippen LogP contribution in [-0.2, 0) is 4.79 Å². The summed E-state index contributed by atoms with van der Waals surface area (Å²) in [6, 6.07) is 23.3. The lowest BCUT2D eigenvalue weighted by atomic mass is 9.94. The lowest BCUT2D eigenvalue weighted by molar-refractivity contribution is -0.109. The molecular weight excluding hydrogens is 424 g/mol. The maximum atomic E-state index is 12.3. The number of ether oxygens (including phenoxy) is 1. The number of nitrogens with one attached hydrogen (secondary N) is 1. The lowest BCUT2D eigenvalue weighted by Crippen LogP contribution is -2.33. The molecule has 5 heteroatoms. The van der Waals surface area contributed by atoms with E-state index in [1.54, 1.807) is 12.1 Å². The zero-order chi connectivity index (χ0) is 23.8. The second-order valence-corrected chi connectivity index (χ2v) is 8.58. The molecule has 1 N–H and O–H groups in total. The normalized spacial score (nSPS) is 15.4. The minimum Gasteiger partial charge on any atom is -0.493 e. The van der Waals surface area contributed by atoms with Crippen molar-refractivity contribution in [2.45, 2.75) is 38.3 Å². The van der Waals surface area contributed by atoms with Crippen molar-refractivity contribution in [2.75, 3.05) is 24.6 Å². The molecule has 2 unspecified atom stereocenters. The molecule has 0 radical (unpaired) electrons. The van der Waals surface area contributed by atoms with Gasteiger partial charge in [0.15, 0.2) is 6.29 Å². The van der Waals surface area contributed by atoms with E-state index in [1.807, 2.05) is 31.2 Å². The Morgan fingerprint density at radius 1 is 0.912 bits per heavy atom. The van der Waals surface area contributed by atoms with E-state index >= 15 is 0 Å². The van der Waals surface area contributed by atoms with Gasteiger partial charge >= 0.3 is 0 Å². The largest absolute Gasteiger partial charge is 0.493 e. The van der Waals surface area contributed by atoms with Crippen LogP contribution >= 0.6 is 0 Å². The van der Waals surface area contributed by atoms with Crippen LogP contribution in [0.3, 0.4) is 0 Å². The fraction of sp³-hybridized carbons (Fsp3) is 0.310. The third-order valence-electron chi connectivity index (χ3n) is 6.38. The zero-order valence-corrected chi connectivity index (χ0v) is 19.7. The summed E-state index contributed by atoms with van der Waals surface area (Å²) >= 11 is 0. The molecule has 2 atom stereocenters. The van der Waals surface area contributed by atoms with Crippen molar-refractivity contribution in [1.29, 1.82) is 0 Å². The number of carbonyl (C=O) groups is 2. The first-order valence-electron chi connectivity index (χ1n) is 12.1. The first kappa shape index (κ1) is 23.7. The molecule has 0 aromatic heterocycles. The SMILES string of the molecule is CCOc1cc(C(C=O)NC(c2ccccc2)c2ccccc2N2CCCCC2)ccc1C=O. The number of hydrogen-bond acceptors (Lipinski definition) is 5. The number of anilines is 1. The highest BCUT2D eigenvalue weighted by atomic mass is 16.5. The summed E-state index contributed by atoms with van der Waals surface area (Å²) in [6.45, 7) is 4.40. The van der Waals surface area contributed by atoms with E-state index in [-0.39, 0.29) is 6.04 Å². The van der Waals surface area contributed by atoms with Crippen LogP contribution in [0.1, 0.15) is 65.3 Å². The van der Waals surface area contributed by atoms with Gasteiger partial charge in [0.2, 0.25) is 0 Å². The number of carbonyl (C=O) groups excluding carboxylic acids is 2. The van der Waals surface area contributed by atoms with Gasteiger partial charge in [0.05, 0.1) is 24.3 Å². The third-order valence-corrected chi connectivity index (χ3v) is 6.38. The van der Waals surface area contributed by atoms with Crippen molar-refractivity contribution in [3.63, 3.8) is 0 Å². The molecule has 1 aliphatic heterocycles. The van der Waals surface area contributed by atoms with Gasteiger partial charge in [0.1, 0.15) is 12.0 Å². The molecule has 0 bridgehead atoms. The van der Waals surface area contributed by atoms with E-state index in [9.17, 15) is 9.59 Å². The van der Waals surface area contributed by atoms with Crippen molar-refractivity contribution >= 4 is 18.3 Å². The number of para-hydroxylation sites is 1. The Balaban J connectivity index is 1.73. The van der Waals surface area contributed by atoms with Gasteiger partial charge in [-0.15, -0.1) is 0 Å². The first-order valence-corrected chi connectivity index (χ1v) is 12.1. The van der Waals surface area contributed by atoms with Gasteiger partial charge in [-0.05, 0) is 61.1 Å². The highest BCUT2D eigenvalue weighted by Crippen LogP contribution is 2.34. The second kappa shape index (κ2) is 11.6. The Bertz CT molecular complexity index is 1090. The van der Waals surface area contributed by atoms with Gasteiger partial charge < -0.3 is 14.4 Å². The monoisotopic (exact) mass is 456 g/mol. The van der Waals surface area contributed by atoms with Gasteiger partial charge in [-0.3, -0.25) is 10.1 Å². The summed E-state index contributed by atoms with van der Waals surface area (Å²) in [7, 11) is 0. The molecule has 0 aliphatic carbocycles. The number of hydrogen-bond donors (Lipinski definition) is 1. The Kier molecular flexibility index (Phi) is 8.10. The molecule has 176 valence electrons. The number of aldehydes is 2. The highest BCUT2D eigenvalue weighted by Gasteiger charge is 2.25. The molecule has 0 spiro atoms. The van der Waals surface area contributed by atoms with Crippen molar-refractivity contribution < 1.29 is 14.3 Å². The van der Waals surface area contributed by atoms with Crippen LogP contribution in [0.2, 0.25) is 0 Å². The van der Waals surface area contributed by atoms with Crippen LogP contribution < -0.4 is 15.0 Å². The summed E-state index contributed by atoms with van der Waals surface area (Å²) in [6.07, 6.45) is 5.35. The standard InChI is InChI=1S/C29H32N2O3/c1-2-34-28-19-23(15-16-24(28)20-32)26(21-33)30-29(22-11-5-3-6-12-22)25-13-7-8-14-27(25)31-17-9-4-10-18-31/h3,5-8,11-16,19-21,26,29-30H,2,4,9-10,17-18H2,1H3. The van der Waals surface area contributed by atoms with Crippen LogP contribution in [0.25, 0.3) is 0 Å². The summed E-state index contributed by atoms with van der Waals surface area (Å²) in [5.41, 5.74) is 4.69. The molecular formula is C29H32N2O3. The van der Waals surface area contributed by atoms with Crippen LogP contribution in [0.15, 0.2) is 72.8 Å². The minimum absolute atomic E-state index is 0.184. The molecule has 1 saturated heterocycles. The van der Waals surface area contributed by atoms with Crippen molar-refractivity contribution in [3.05, 3.63) is 95.1 Å². The van der Waals surface area contributed by atoms with E-state index in [0.717, 1.165) is 42.4 Å². The molecule has 1 heterocycles. The van der Waals surface area contributed by atoms with Gasteiger partial charge in [0.25, 0.3) is 0 Å². The number of benzene rings is 3. The van der Waals surface area contributed by atoms with Gasteiger partial charge in [-0.1, -0.05) is 54.6 Å². The minimum atomic E-state index is -0.570. The van der Waals surface area contributed by atoms with Gasteiger partial charge in [-0.25, -0.2) is 0 Å². The van der Waals surface area contributed by atoms with E-state index in [4.69, 9.17) is 4.74 Å². The van der Waals surface area contributed by atoms with Crippen molar-refractivity contribution in [3.8, 4) is 5.75 Å². The molecule has 4 rings (SSSR count). The second-order valence-electron chi connectivity index (χ2n) is 8.58. The average Bonchev–Trinajstić information content (AvgIpc) is 2.91. The van der Waals surface area contributed by atoms with E-state index in [2.05, 4.69) is 46.6 Å². The summed E-state index contributed by atoms with van der Waals surface area (Å²) in [4.78, 5) is 26.2. The van der Waals surface area contributed by atoms with Crippen molar-refractivity contribution in [1.82, 2.24) is 5.32 Å². The fourth-order valence-electron chi connectivity index (χ4n) is 4.68. The number of rotatable bonds is 10. The van der Waals surface area contributed by atoms with E-state index < -0.39 is 6.04 Å². The Morgan fingerprint density at radius 3 is 2.35 bits per heavy atom. The number of piperidine rings is 1. The Labute approximate surface area is 201 Å². The molecule has 3 aromatic rings. The quantitative estimate of drug-likeness (QED) is 0.408. The number of nitrogens with zero attached hydrogens (tertiary/aromatic N) is 1. The van der Waals surface area contributed by atoms with Crippen LogP contribution in [0.4, 0.5) is 5.69 Å². The van der Waals surface area contributed by atoms with Crippen LogP contribution in [0.5, 0.6) is 5.75 Å². The topological polar surface area (TPSA) is 58.6 Å². The summed E-state index contributed by atoms with van der Waals surface area (Å²) in [5, 5.41) is 3.60. The molecule has 5 nitrogen and oxygen atoms in total. The maximum Gasteiger partial charge on any atom is 0.153 e. The predicted octanol–water partition coefficient (Wildman–Crippen LogP) is 5.51. The molecule has 0 saturated carbocycles. The average molecular weight is 457 g/mol. The van der Waals surface area contributed by atoms with Crippen LogP contribution in [0, 0.1) is 0 Å². The van der Waals surface area contributed by atoms with E-state index in [1.165, 1.54) is 24.9 Å². The first-order chi connectivity index (χ1) is 16.7. The molecule has 1 fully saturated rings. The maximum absolute atomic E-state index is 12.3. The lowest BCUT2D eigenvalue weighted by Gasteiger charge is -2.33. The fourth-order valence-corrected chi connectivity index (χ4v) is 4.68. The summed E-state index contributed by atoms with van der Waals surface area (Å²) in [5.74, 6) is 0.494. The molecule has 1 aliphatic rings. The Hall–Kier alpha value is -3.44. The van der Waals surface area contributed by atoms with Gasteiger partial charge in [-0.2, -0.15) is 0 Å². The molecule has 0 amide bonds. The summed E-state index contributed by atoms with van der Waals surface area (Å²) < 4.78 is 5.65.